The molecule has 0 aliphatic heterocycles. The summed E-state index contributed by atoms with van der Waals surface area (Å²) in [6.45, 7) is 4.53. The average molecular weight is 313 g/mol. The zero-order valence-electron chi connectivity index (χ0n) is 5.22. The van der Waals surface area contributed by atoms with E-state index < -0.39 is 0 Å². The number of imidazole rings is 1. The Hall–Kier alpha value is 0.160. The van der Waals surface area contributed by atoms with Gasteiger partial charge in [-0.25, -0.2) is 4.98 Å². The van der Waals surface area contributed by atoms with E-state index in [0.29, 0.717) is 0 Å². The van der Waals surface area contributed by atoms with Crippen molar-refractivity contribution in [2.24, 2.45) is 0 Å². The van der Waals surface area contributed by atoms with E-state index in [2.05, 4.69) is 50.1 Å². The zero-order chi connectivity index (χ0) is 7.56. The maximum atomic E-state index is 4.06. The summed E-state index contributed by atoms with van der Waals surface area (Å²) in [6.07, 6.45) is 3.70. The van der Waals surface area contributed by atoms with Gasteiger partial charge in [0.2, 0.25) is 0 Å². The lowest BCUT2D eigenvalue weighted by Gasteiger charge is -1.99. The van der Waals surface area contributed by atoms with E-state index in [1.165, 1.54) is 0 Å². The predicted molar refractivity (Wildman–Crippen MR) is 53.0 cm³/mol. The summed E-state index contributed by atoms with van der Waals surface area (Å²) in [4.78, 5) is 4.06. The Morgan fingerprint density at radius 3 is 3.00 bits per heavy atom. The SMILES string of the molecule is C=C(Br)Cn1ccnc1I. The molecule has 54 valence electrons. The van der Waals surface area contributed by atoms with Crippen LogP contribution in [0.4, 0.5) is 0 Å². The maximum absolute atomic E-state index is 4.06. The normalized spacial score (nSPS) is 9.80. The van der Waals surface area contributed by atoms with Crippen molar-refractivity contribution in [1.82, 2.24) is 9.55 Å². The van der Waals surface area contributed by atoms with Gasteiger partial charge in [-0.1, -0.05) is 22.5 Å². The molecule has 0 saturated heterocycles. The standard InChI is InChI=1S/C6H6BrIN2/c1-5(7)4-10-3-2-9-6(10)8/h2-3H,1,4H2. The van der Waals surface area contributed by atoms with Crippen LogP contribution in [0.1, 0.15) is 0 Å². The van der Waals surface area contributed by atoms with Gasteiger partial charge in [-0.05, 0) is 22.6 Å². The number of hydrogen-bond donors (Lipinski definition) is 0. The van der Waals surface area contributed by atoms with E-state index in [1.54, 1.807) is 6.20 Å². The molecule has 10 heavy (non-hydrogen) atoms. The lowest BCUT2D eigenvalue weighted by Crippen LogP contribution is -1.97. The summed E-state index contributed by atoms with van der Waals surface area (Å²) in [6, 6.07) is 0. The number of rotatable bonds is 2. The van der Waals surface area contributed by atoms with Crippen molar-refractivity contribution in [2.45, 2.75) is 6.54 Å². The molecule has 4 heteroatoms. The topological polar surface area (TPSA) is 17.8 Å². The third-order valence-corrected chi connectivity index (χ3v) is 2.16. The van der Waals surface area contributed by atoms with Crippen LogP contribution >= 0.6 is 38.5 Å². The molecule has 0 N–H and O–H groups in total. The van der Waals surface area contributed by atoms with Gasteiger partial charge in [0, 0.05) is 16.9 Å². The van der Waals surface area contributed by atoms with Crippen LogP contribution in [0.25, 0.3) is 0 Å². The molecule has 0 fully saturated rings. The van der Waals surface area contributed by atoms with E-state index in [-0.39, 0.29) is 0 Å². The number of hydrogen-bond acceptors (Lipinski definition) is 1. The molecule has 0 radical (unpaired) electrons. The van der Waals surface area contributed by atoms with Crippen LogP contribution in [0.2, 0.25) is 0 Å². The van der Waals surface area contributed by atoms with Crippen molar-refractivity contribution >= 4 is 38.5 Å². The number of nitrogens with zero attached hydrogens (tertiary/aromatic N) is 2. The number of halogens is 2. The van der Waals surface area contributed by atoms with E-state index in [9.17, 15) is 0 Å². The molecule has 0 unspecified atom stereocenters. The Morgan fingerprint density at radius 2 is 2.60 bits per heavy atom. The molecule has 1 aromatic rings. The van der Waals surface area contributed by atoms with E-state index in [4.69, 9.17) is 0 Å². The molecule has 0 saturated carbocycles. The Labute approximate surface area is 81.6 Å². The second kappa shape index (κ2) is 3.52. The average Bonchev–Trinajstić information content (AvgIpc) is 2.15. The highest BCUT2D eigenvalue weighted by Gasteiger charge is 1.96. The highest BCUT2D eigenvalue weighted by atomic mass is 127. The molecule has 1 heterocycles. The monoisotopic (exact) mass is 312 g/mol. The van der Waals surface area contributed by atoms with Crippen molar-refractivity contribution in [2.75, 3.05) is 0 Å². The third-order valence-electron chi connectivity index (χ3n) is 1.01. The first-order valence-corrected chi connectivity index (χ1v) is 4.57. The summed E-state index contributed by atoms with van der Waals surface area (Å²) in [7, 11) is 0. The lowest BCUT2D eigenvalue weighted by atomic mass is 10.6. The quantitative estimate of drug-likeness (QED) is 0.767. The van der Waals surface area contributed by atoms with Gasteiger partial charge >= 0.3 is 0 Å². The maximum Gasteiger partial charge on any atom is 0.171 e. The van der Waals surface area contributed by atoms with Crippen molar-refractivity contribution in [3.8, 4) is 0 Å². The fourth-order valence-electron chi connectivity index (χ4n) is 0.614. The molecule has 0 spiro atoms. The summed E-state index contributed by atoms with van der Waals surface area (Å²) in [5, 5.41) is 0. The molecule has 0 aliphatic rings. The molecule has 0 amide bonds. The second-order valence-electron chi connectivity index (χ2n) is 1.84. The Balaban J connectivity index is 2.74. The highest BCUT2D eigenvalue weighted by molar-refractivity contribution is 14.1. The summed E-state index contributed by atoms with van der Waals surface area (Å²) in [5.41, 5.74) is 0. The van der Waals surface area contributed by atoms with Gasteiger partial charge in [-0.2, -0.15) is 0 Å². The van der Waals surface area contributed by atoms with Crippen LogP contribution in [0, 0.1) is 3.83 Å². The summed E-state index contributed by atoms with van der Waals surface area (Å²) in [5.74, 6) is 0. The zero-order valence-corrected chi connectivity index (χ0v) is 8.96. The van der Waals surface area contributed by atoms with Crippen LogP contribution < -0.4 is 0 Å². The largest absolute Gasteiger partial charge is 0.322 e. The van der Waals surface area contributed by atoms with Crippen molar-refractivity contribution in [1.29, 1.82) is 0 Å². The van der Waals surface area contributed by atoms with Gasteiger partial charge in [-0.15, -0.1) is 0 Å². The minimum Gasteiger partial charge on any atom is -0.322 e. The Kier molecular flexibility index (Phi) is 2.91. The Morgan fingerprint density at radius 1 is 1.90 bits per heavy atom. The molecule has 1 rings (SSSR count). The van der Waals surface area contributed by atoms with Gasteiger partial charge in [-0.3, -0.25) is 0 Å². The van der Waals surface area contributed by atoms with E-state index in [1.807, 2.05) is 10.8 Å². The molecule has 2 nitrogen and oxygen atoms in total. The molecule has 0 aliphatic carbocycles. The first kappa shape index (κ1) is 8.26. The van der Waals surface area contributed by atoms with E-state index >= 15 is 0 Å². The minimum absolute atomic E-state index is 0.790. The van der Waals surface area contributed by atoms with Crippen LogP contribution in [-0.4, -0.2) is 9.55 Å². The van der Waals surface area contributed by atoms with Crippen LogP contribution in [0.15, 0.2) is 23.5 Å². The molecule has 0 bridgehead atoms. The fourth-order valence-corrected chi connectivity index (χ4v) is 1.38. The van der Waals surface area contributed by atoms with Crippen molar-refractivity contribution in [3.05, 3.63) is 27.3 Å². The molecule has 0 atom stereocenters. The molecule has 0 aromatic carbocycles. The third kappa shape index (κ3) is 2.09. The summed E-state index contributed by atoms with van der Waals surface area (Å²) < 4.78 is 3.96. The van der Waals surface area contributed by atoms with Crippen LogP contribution in [-0.2, 0) is 6.54 Å². The van der Waals surface area contributed by atoms with Gasteiger partial charge in [0.1, 0.15) is 0 Å². The lowest BCUT2D eigenvalue weighted by molar-refractivity contribution is 0.788. The number of allylic oxidation sites excluding steroid dienone is 1. The minimum atomic E-state index is 0.790. The van der Waals surface area contributed by atoms with Gasteiger partial charge < -0.3 is 4.57 Å². The molecular weight excluding hydrogens is 307 g/mol. The van der Waals surface area contributed by atoms with Gasteiger partial charge in [0.05, 0.1) is 6.54 Å². The van der Waals surface area contributed by atoms with E-state index in [0.717, 1.165) is 14.9 Å². The highest BCUT2D eigenvalue weighted by Crippen LogP contribution is 2.08. The second-order valence-corrected chi connectivity index (χ2v) is 3.93. The molecular formula is C6H6BrIN2. The first-order chi connectivity index (χ1) is 4.70. The molecule has 1 aromatic heterocycles. The van der Waals surface area contributed by atoms with Crippen LogP contribution in [0.3, 0.4) is 0 Å². The number of aromatic nitrogens is 2. The fraction of sp³-hybridized carbons (Fsp3) is 0.167. The smallest absolute Gasteiger partial charge is 0.171 e. The van der Waals surface area contributed by atoms with Crippen LogP contribution in [0.5, 0.6) is 0 Å². The van der Waals surface area contributed by atoms with Gasteiger partial charge in [0.25, 0.3) is 0 Å². The van der Waals surface area contributed by atoms with Gasteiger partial charge in [0.15, 0.2) is 3.83 Å². The first-order valence-electron chi connectivity index (χ1n) is 2.70. The summed E-state index contributed by atoms with van der Waals surface area (Å²) >= 11 is 5.46. The predicted octanol–water partition coefficient (Wildman–Crippen LogP) is 2.40. The van der Waals surface area contributed by atoms with Crippen molar-refractivity contribution in [3.63, 3.8) is 0 Å². The van der Waals surface area contributed by atoms with Crippen molar-refractivity contribution < 1.29 is 0 Å². The Bertz CT molecular complexity index is 244.